The highest BCUT2D eigenvalue weighted by atomic mass is 16.6. The van der Waals surface area contributed by atoms with Gasteiger partial charge < -0.3 is 24.6 Å². The summed E-state index contributed by atoms with van der Waals surface area (Å²) < 4.78 is 10.3. The highest BCUT2D eigenvalue weighted by molar-refractivity contribution is 6.09. The van der Waals surface area contributed by atoms with Crippen molar-refractivity contribution >= 4 is 40.3 Å². The molecule has 3 amide bonds. The molecule has 0 saturated carbocycles. The number of hydrogen-bond donors (Lipinski definition) is 1. The van der Waals surface area contributed by atoms with Gasteiger partial charge in [0.15, 0.2) is 0 Å². The number of unbranched alkanes of at least 4 members (excludes halogenated alkanes) is 3. The molecule has 0 atom stereocenters. The molecule has 1 N–H and O–H groups in total. The smallest absolute Gasteiger partial charge is 0.407 e. The van der Waals surface area contributed by atoms with E-state index in [4.69, 9.17) is 9.47 Å². The van der Waals surface area contributed by atoms with Gasteiger partial charge in [-0.1, -0.05) is 55.3 Å². The SMILES string of the molecule is CCOC(=O)CCN1CC(=O)N(Cc2ccc3ccccc3c2)c2ccc(CCCCCCNC(=O)OC(C)(C)C)cc2C1=O. The van der Waals surface area contributed by atoms with Crippen LogP contribution in [0.4, 0.5) is 10.5 Å². The number of nitrogens with one attached hydrogen (secondary N) is 1. The number of anilines is 1. The minimum absolute atomic E-state index is 0.0232. The molecule has 4 rings (SSSR count). The second-order valence-corrected chi connectivity index (χ2v) is 12.4. The number of amides is 3. The fourth-order valence-corrected chi connectivity index (χ4v) is 5.42. The van der Waals surface area contributed by atoms with Gasteiger partial charge in [-0.15, -0.1) is 0 Å². The zero-order valence-corrected chi connectivity index (χ0v) is 26.9. The van der Waals surface area contributed by atoms with Crippen molar-refractivity contribution in [2.75, 3.05) is 31.1 Å². The predicted molar refractivity (Wildman–Crippen MR) is 175 cm³/mol. The Bertz CT molecular complexity index is 1510. The Morgan fingerprint density at radius 2 is 1.62 bits per heavy atom. The minimum atomic E-state index is -0.516. The predicted octanol–water partition coefficient (Wildman–Crippen LogP) is 6.41. The summed E-state index contributed by atoms with van der Waals surface area (Å²) in [6, 6.07) is 20.0. The molecular weight excluding hydrogens is 570 g/mol. The summed E-state index contributed by atoms with van der Waals surface area (Å²) in [5.41, 5.74) is 2.50. The van der Waals surface area contributed by atoms with Gasteiger partial charge >= 0.3 is 12.1 Å². The zero-order valence-electron chi connectivity index (χ0n) is 26.9. The number of fused-ring (bicyclic) bond motifs is 2. The number of hydrogen-bond acceptors (Lipinski definition) is 6. The van der Waals surface area contributed by atoms with Crippen molar-refractivity contribution in [2.45, 2.75) is 78.4 Å². The minimum Gasteiger partial charge on any atom is -0.466 e. The second-order valence-electron chi connectivity index (χ2n) is 12.4. The molecule has 0 unspecified atom stereocenters. The van der Waals surface area contributed by atoms with Gasteiger partial charge in [0.2, 0.25) is 5.91 Å². The highest BCUT2D eigenvalue weighted by Gasteiger charge is 2.32. The summed E-state index contributed by atoms with van der Waals surface area (Å²) in [6.07, 6.45) is 4.10. The summed E-state index contributed by atoms with van der Waals surface area (Å²) in [4.78, 5) is 54.5. The molecule has 0 radical (unpaired) electrons. The summed E-state index contributed by atoms with van der Waals surface area (Å²) in [6.45, 7) is 8.38. The first kappa shape index (κ1) is 33.5. The van der Waals surface area contributed by atoms with Crippen LogP contribution in [0.1, 0.15) is 81.3 Å². The van der Waals surface area contributed by atoms with Gasteiger partial charge in [0.25, 0.3) is 5.91 Å². The Balaban J connectivity index is 1.45. The third kappa shape index (κ3) is 9.80. The average Bonchev–Trinajstić information content (AvgIpc) is 3.09. The number of carbonyl (C=O) groups is 4. The number of ether oxygens (including phenoxy) is 2. The maximum atomic E-state index is 13.8. The average molecular weight is 616 g/mol. The third-order valence-corrected chi connectivity index (χ3v) is 7.60. The summed E-state index contributed by atoms with van der Waals surface area (Å²) in [5, 5.41) is 4.99. The number of rotatable bonds is 13. The molecule has 0 aromatic heterocycles. The molecule has 0 spiro atoms. The zero-order chi connectivity index (χ0) is 32.4. The molecule has 0 fully saturated rings. The first-order valence-corrected chi connectivity index (χ1v) is 15.9. The molecule has 3 aromatic carbocycles. The van der Waals surface area contributed by atoms with Gasteiger partial charge in [0, 0.05) is 13.1 Å². The summed E-state index contributed by atoms with van der Waals surface area (Å²) in [7, 11) is 0. The molecular formula is C36H45N3O6. The van der Waals surface area contributed by atoms with Crippen LogP contribution in [-0.4, -0.2) is 60.6 Å². The molecule has 45 heavy (non-hydrogen) atoms. The van der Waals surface area contributed by atoms with Crippen molar-refractivity contribution in [3.63, 3.8) is 0 Å². The van der Waals surface area contributed by atoms with Crippen molar-refractivity contribution in [1.82, 2.24) is 10.2 Å². The van der Waals surface area contributed by atoms with Gasteiger partial charge in [-0.05, 0) is 87.1 Å². The van der Waals surface area contributed by atoms with Crippen LogP contribution in [0.5, 0.6) is 0 Å². The fraction of sp³-hybridized carbons (Fsp3) is 0.444. The summed E-state index contributed by atoms with van der Waals surface area (Å²) in [5.74, 6) is -0.865. The quantitative estimate of drug-likeness (QED) is 0.176. The molecule has 9 nitrogen and oxygen atoms in total. The molecule has 1 aliphatic heterocycles. The van der Waals surface area contributed by atoms with Gasteiger partial charge in [0.05, 0.1) is 30.8 Å². The molecule has 0 bridgehead atoms. The molecule has 1 heterocycles. The lowest BCUT2D eigenvalue weighted by Crippen LogP contribution is -2.40. The highest BCUT2D eigenvalue weighted by Crippen LogP contribution is 2.30. The van der Waals surface area contributed by atoms with Crippen LogP contribution in [0.25, 0.3) is 10.8 Å². The van der Waals surface area contributed by atoms with Crippen LogP contribution in [0.3, 0.4) is 0 Å². The van der Waals surface area contributed by atoms with E-state index in [2.05, 4.69) is 11.4 Å². The van der Waals surface area contributed by atoms with E-state index in [1.165, 1.54) is 4.90 Å². The number of nitrogens with zero attached hydrogens (tertiary/aromatic N) is 2. The monoisotopic (exact) mass is 615 g/mol. The molecule has 3 aromatic rings. The second kappa shape index (κ2) is 15.5. The standard InChI is InChI=1S/C36H45N3O6/c1-5-44-33(41)19-21-38-25-32(40)39(24-27-15-17-28-13-9-10-14-29(28)22-27)31-18-16-26(23-30(31)34(38)42)12-8-6-7-11-20-37-35(43)45-36(2,3)4/h9-10,13-18,22-23H,5-8,11-12,19-21,24-25H2,1-4H3,(H,37,43). The lowest BCUT2D eigenvalue weighted by molar-refractivity contribution is -0.143. The van der Waals surface area contributed by atoms with Crippen LogP contribution in [-0.2, 0) is 32.0 Å². The third-order valence-electron chi connectivity index (χ3n) is 7.60. The van der Waals surface area contributed by atoms with E-state index in [1.807, 2.05) is 75.4 Å². The largest absolute Gasteiger partial charge is 0.466 e. The maximum absolute atomic E-state index is 13.8. The van der Waals surface area contributed by atoms with Crippen molar-refractivity contribution in [2.24, 2.45) is 0 Å². The Morgan fingerprint density at radius 1 is 0.889 bits per heavy atom. The number of esters is 1. The van der Waals surface area contributed by atoms with Gasteiger partial charge in [0.1, 0.15) is 12.1 Å². The van der Waals surface area contributed by atoms with Crippen LogP contribution in [0, 0.1) is 0 Å². The van der Waals surface area contributed by atoms with Crippen LogP contribution < -0.4 is 10.2 Å². The number of alkyl carbamates (subject to hydrolysis) is 1. The topological polar surface area (TPSA) is 105 Å². The van der Waals surface area contributed by atoms with Gasteiger partial charge in [-0.25, -0.2) is 4.79 Å². The first-order chi connectivity index (χ1) is 21.5. The van der Waals surface area contributed by atoms with E-state index in [0.29, 0.717) is 24.3 Å². The molecule has 0 saturated heterocycles. The normalized spacial score (nSPS) is 13.4. The molecule has 9 heteroatoms. The van der Waals surface area contributed by atoms with Gasteiger partial charge in [-0.3, -0.25) is 14.4 Å². The molecule has 1 aliphatic rings. The first-order valence-electron chi connectivity index (χ1n) is 15.9. The lowest BCUT2D eigenvalue weighted by Gasteiger charge is -2.23. The van der Waals surface area contributed by atoms with Crippen LogP contribution in [0.2, 0.25) is 0 Å². The van der Waals surface area contributed by atoms with E-state index >= 15 is 0 Å². The Morgan fingerprint density at radius 3 is 2.38 bits per heavy atom. The summed E-state index contributed by atoms with van der Waals surface area (Å²) >= 11 is 0. The van der Waals surface area contributed by atoms with Crippen molar-refractivity contribution < 1.29 is 28.7 Å². The van der Waals surface area contributed by atoms with Crippen molar-refractivity contribution in [1.29, 1.82) is 0 Å². The molecule has 240 valence electrons. The van der Waals surface area contributed by atoms with E-state index in [9.17, 15) is 19.2 Å². The van der Waals surface area contributed by atoms with E-state index in [0.717, 1.165) is 54.0 Å². The van der Waals surface area contributed by atoms with Crippen LogP contribution in [0.15, 0.2) is 60.7 Å². The van der Waals surface area contributed by atoms with E-state index < -0.39 is 17.7 Å². The maximum Gasteiger partial charge on any atom is 0.407 e. The lowest BCUT2D eigenvalue weighted by atomic mass is 10.0. The molecule has 0 aliphatic carbocycles. The van der Waals surface area contributed by atoms with Crippen molar-refractivity contribution in [3.8, 4) is 0 Å². The number of aryl methyl sites for hydroxylation is 1. The van der Waals surface area contributed by atoms with Crippen molar-refractivity contribution in [3.05, 3.63) is 77.4 Å². The van der Waals surface area contributed by atoms with E-state index in [-0.39, 0.29) is 37.9 Å². The fourth-order valence-electron chi connectivity index (χ4n) is 5.42. The Hall–Kier alpha value is -4.40. The Labute approximate surface area is 265 Å². The number of carbonyl (C=O) groups excluding carboxylic acids is 4. The Kier molecular flexibility index (Phi) is 11.6. The van der Waals surface area contributed by atoms with Gasteiger partial charge in [-0.2, -0.15) is 0 Å². The van der Waals surface area contributed by atoms with E-state index in [1.54, 1.807) is 11.8 Å². The van der Waals surface area contributed by atoms with Crippen LogP contribution >= 0.6 is 0 Å². The number of benzene rings is 3.